The van der Waals surface area contributed by atoms with Gasteiger partial charge in [-0.2, -0.15) is 0 Å². The summed E-state index contributed by atoms with van der Waals surface area (Å²) in [6, 6.07) is -0.0244. The Kier molecular flexibility index (Phi) is 5.66. The second-order valence-electron chi connectivity index (χ2n) is 4.03. The molecule has 1 heterocycles. The van der Waals surface area contributed by atoms with E-state index in [0.717, 1.165) is 12.3 Å². The molecule has 9 heteroatoms. The van der Waals surface area contributed by atoms with E-state index in [1.165, 1.54) is 7.11 Å². The summed E-state index contributed by atoms with van der Waals surface area (Å²) in [5.41, 5.74) is -0.323. The molecule has 110 valence electrons. The summed E-state index contributed by atoms with van der Waals surface area (Å²) >= 11 is 0. The van der Waals surface area contributed by atoms with E-state index >= 15 is 0 Å². The van der Waals surface area contributed by atoms with Gasteiger partial charge < -0.3 is 20.1 Å². The molecule has 3 N–H and O–H groups in total. The normalized spacial score (nSPS) is 11.8. The average molecular weight is 285 g/mol. The molecular weight excluding hydrogens is 270 g/mol. The zero-order valence-electron chi connectivity index (χ0n) is 10.8. The lowest BCUT2D eigenvalue weighted by atomic mass is 10.1. The third-order valence-corrected chi connectivity index (χ3v) is 2.57. The number of carboxylic acid groups (broad SMARTS) is 1. The lowest BCUT2D eigenvalue weighted by molar-refractivity contribution is -0.384. The molecule has 9 nitrogen and oxygen atoms in total. The molecule has 1 rings (SSSR count). The van der Waals surface area contributed by atoms with E-state index in [1.54, 1.807) is 0 Å². The van der Waals surface area contributed by atoms with E-state index in [9.17, 15) is 19.7 Å². The zero-order chi connectivity index (χ0) is 15.1. The molecule has 0 saturated heterocycles. The van der Waals surface area contributed by atoms with Crippen LogP contribution in [0.2, 0.25) is 0 Å². The lowest BCUT2D eigenvalue weighted by Crippen LogP contribution is -2.41. The maximum Gasteiger partial charge on any atom is 0.326 e. The van der Waals surface area contributed by atoms with Gasteiger partial charge in [0.2, 0.25) is 0 Å². The quantitative estimate of drug-likeness (QED) is 0.362. The summed E-state index contributed by atoms with van der Waals surface area (Å²) in [5.74, 6) is -1.88. The Morgan fingerprint density at radius 1 is 1.60 bits per heavy atom. The van der Waals surface area contributed by atoms with Gasteiger partial charge in [-0.05, 0) is 12.8 Å². The first-order valence-corrected chi connectivity index (χ1v) is 5.81. The number of carbonyl (C=O) groups is 2. The molecule has 0 saturated carbocycles. The van der Waals surface area contributed by atoms with Crippen LogP contribution in [-0.2, 0) is 9.53 Å². The number of hydrogen-bond acceptors (Lipinski definition) is 5. The summed E-state index contributed by atoms with van der Waals surface area (Å²) in [6.45, 7) is 0.383. The number of rotatable bonds is 8. The fourth-order valence-electron chi connectivity index (χ4n) is 1.54. The van der Waals surface area contributed by atoms with E-state index in [1.807, 2.05) is 0 Å². The van der Waals surface area contributed by atoms with Crippen LogP contribution in [0.25, 0.3) is 0 Å². The molecule has 0 bridgehead atoms. The number of methoxy groups -OCH3 is 1. The van der Waals surface area contributed by atoms with E-state index in [-0.39, 0.29) is 17.8 Å². The summed E-state index contributed by atoms with van der Waals surface area (Å²) in [4.78, 5) is 35.0. The van der Waals surface area contributed by atoms with Gasteiger partial charge in [0.05, 0.1) is 11.1 Å². The Bertz CT molecular complexity index is 498. The molecule has 1 unspecified atom stereocenters. The minimum Gasteiger partial charge on any atom is -0.480 e. The van der Waals surface area contributed by atoms with Gasteiger partial charge in [0.15, 0.2) is 0 Å². The van der Waals surface area contributed by atoms with Crippen molar-refractivity contribution in [2.24, 2.45) is 0 Å². The third kappa shape index (κ3) is 4.35. The highest BCUT2D eigenvalue weighted by atomic mass is 16.6. The first kappa shape index (κ1) is 15.6. The Labute approximate surface area is 114 Å². The second kappa shape index (κ2) is 7.24. The molecule has 20 heavy (non-hydrogen) atoms. The number of hydrogen-bond donors (Lipinski definition) is 3. The summed E-state index contributed by atoms with van der Waals surface area (Å²) < 4.78 is 4.80. The van der Waals surface area contributed by atoms with Crippen molar-refractivity contribution >= 4 is 17.6 Å². The number of carboxylic acids is 1. The summed E-state index contributed by atoms with van der Waals surface area (Å²) in [5, 5.41) is 21.8. The van der Waals surface area contributed by atoms with Crippen molar-refractivity contribution in [2.45, 2.75) is 18.9 Å². The molecular formula is C11H15N3O6. The number of nitro groups is 1. The largest absolute Gasteiger partial charge is 0.480 e. The van der Waals surface area contributed by atoms with Crippen molar-refractivity contribution in [2.75, 3.05) is 13.7 Å². The molecule has 1 aromatic rings. The average Bonchev–Trinajstić information content (AvgIpc) is 2.87. The van der Waals surface area contributed by atoms with Crippen molar-refractivity contribution in [3.05, 3.63) is 28.1 Å². The Hall–Kier alpha value is -2.42. The molecule has 1 aromatic heterocycles. The van der Waals surface area contributed by atoms with Crippen LogP contribution < -0.4 is 5.32 Å². The molecule has 0 aliphatic rings. The maximum absolute atomic E-state index is 11.8. The Morgan fingerprint density at radius 3 is 2.80 bits per heavy atom. The number of aromatic amines is 1. The van der Waals surface area contributed by atoms with Gasteiger partial charge in [0, 0.05) is 19.8 Å². The number of H-pyrrole nitrogens is 1. The molecule has 0 aromatic carbocycles. The number of carbonyl (C=O) groups excluding carboxylic acids is 1. The smallest absolute Gasteiger partial charge is 0.326 e. The lowest BCUT2D eigenvalue weighted by Gasteiger charge is -2.13. The van der Waals surface area contributed by atoms with Crippen LogP contribution in [0.1, 0.15) is 23.3 Å². The number of nitrogens with one attached hydrogen (secondary N) is 2. The van der Waals surface area contributed by atoms with Crippen molar-refractivity contribution in [3.63, 3.8) is 0 Å². The van der Waals surface area contributed by atoms with Gasteiger partial charge in [0.25, 0.3) is 11.6 Å². The van der Waals surface area contributed by atoms with Crippen LogP contribution in [0.4, 0.5) is 5.69 Å². The predicted molar refractivity (Wildman–Crippen MR) is 67.4 cm³/mol. The van der Waals surface area contributed by atoms with Crippen molar-refractivity contribution in [1.29, 1.82) is 0 Å². The van der Waals surface area contributed by atoms with Crippen molar-refractivity contribution in [1.82, 2.24) is 10.3 Å². The van der Waals surface area contributed by atoms with E-state index < -0.39 is 22.8 Å². The number of ether oxygens (including phenoxy) is 1. The maximum atomic E-state index is 11.8. The molecule has 0 fully saturated rings. The topological polar surface area (TPSA) is 135 Å². The van der Waals surface area contributed by atoms with Crippen molar-refractivity contribution < 1.29 is 24.4 Å². The highest BCUT2D eigenvalue weighted by Gasteiger charge is 2.22. The molecule has 0 aliphatic carbocycles. The fourth-order valence-corrected chi connectivity index (χ4v) is 1.54. The fraction of sp³-hybridized carbons (Fsp3) is 0.455. The van der Waals surface area contributed by atoms with Gasteiger partial charge >= 0.3 is 5.97 Å². The van der Waals surface area contributed by atoms with Crippen LogP contribution in [0.5, 0.6) is 0 Å². The molecule has 0 aliphatic heterocycles. The highest BCUT2D eigenvalue weighted by molar-refractivity contribution is 5.95. The van der Waals surface area contributed by atoms with Crippen LogP contribution in [0, 0.1) is 10.1 Å². The van der Waals surface area contributed by atoms with Crippen molar-refractivity contribution in [3.8, 4) is 0 Å². The standard InChI is InChI=1S/C11H15N3O6/c1-20-4-2-3-8(11(16)17)13-10(15)9-5-7(6-12-9)14(18)19/h5-6,8,12H,2-4H2,1H3,(H,13,15)(H,16,17). The second-order valence-corrected chi connectivity index (χ2v) is 4.03. The number of aliphatic carboxylic acids is 1. The van der Waals surface area contributed by atoms with E-state index in [0.29, 0.717) is 13.0 Å². The molecule has 0 spiro atoms. The minimum atomic E-state index is -1.17. The minimum absolute atomic E-state index is 0.0605. The van der Waals surface area contributed by atoms with Gasteiger partial charge in [-0.15, -0.1) is 0 Å². The third-order valence-electron chi connectivity index (χ3n) is 2.57. The van der Waals surface area contributed by atoms with E-state index in [4.69, 9.17) is 9.84 Å². The summed E-state index contributed by atoms with van der Waals surface area (Å²) in [6.07, 6.45) is 1.74. The van der Waals surface area contributed by atoms with Crippen LogP contribution in [0.3, 0.4) is 0 Å². The van der Waals surface area contributed by atoms with Gasteiger partial charge in [-0.1, -0.05) is 0 Å². The predicted octanol–water partition coefficient (Wildman–Crippen LogP) is 0.532. The molecule has 1 amide bonds. The number of nitrogens with zero attached hydrogens (tertiary/aromatic N) is 1. The number of aromatic nitrogens is 1. The molecule has 1 atom stereocenters. The SMILES string of the molecule is COCCCC(NC(=O)c1cc([N+](=O)[O-])c[nH]1)C(=O)O. The van der Waals surface area contributed by atoms with E-state index in [2.05, 4.69) is 10.3 Å². The first-order chi connectivity index (χ1) is 9.45. The van der Waals surface area contributed by atoms with Gasteiger partial charge in [-0.3, -0.25) is 14.9 Å². The van der Waals surface area contributed by atoms with Gasteiger partial charge in [-0.25, -0.2) is 4.79 Å². The zero-order valence-corrected chi connectivity index (χ0v) is 10.8. The first-order valence-electron chi connectivity index (χ1n) is 5.81. The van der Waals surface area contributed by atoms with Gasteiger partial charge in [0.1, 0.15) is 11.7 Å². The monoisotopic (exact) mass is 285 g/mol. The van der Waals surface area contributed by atoms with Crippen LogP contribution in [0.15, 0.2) is 12.3 Å². The summed E-state index contributed by atoms with van der Waals surface area (Å²) in [7, 11) is 1.49. The Morgan fingerprint density at radius 2 is 2.30 bits per heavy atom. The molecule has 0 radical (unpaired) electrons. The Balaban J connectivity index is 2.64. The highest BCUT2D eigenvalue weighted by Crippen LogP contribution is 2.12. The van der Waals surface area contributed by atoms with Crippen LogP contribution in [-0.4, -0.2) is 46.6 Å². The number of amides is 1. The van der Waals surface area contributed by atoms with Crippen LogP contribution >= 0.6 is 0 Å².